The molecule has 2 aliphatic heterocycles. The molecule has 2 nitrogen and oxygen atoms in total. The topological polar surface area (TPSA) is 24.9 Å². The molecule has 22 heavy (non-hydrogen) atoms. The summed E-state index contributed by atoms with van der Waals surface area (Å²) in [5, 5.41) is 4.25. The molecule has 0 aliphatic carbocycles. The molecular weight excluding hydrogens is 312 g/mol. The number of nitrogens with one attached hydrogen (secondary N) is 1. The van der Waals surface area contributed by atoms with Gasteiger partial charge in [0.2, 0.25) is 0 Å². The smallest absolute Gasteiger partial charge is 0.0748 e. The quantitative estimate of drug-likeness (QED) is 0.769. The molecule has 4 rings (SSSR count). The van der Waals surface area contributed by atoms with Crippen LogP contribution in [0.2, 0.25) is 5.02 Å². The third-order valence-electron chi connectivity index (χ3n) is 4.28. The maximum Gasteiger partial charge on any atom is 0.0748 e. The van der Waals surface area contributed by atoms with Gasteiger partial charge in [-0.1, -0.05) is 29.3 Å². The summed E-state index contributed by atoms with van der Waals surface area (Å²) in [5.41, 5.74) is 6.64. The second-order valence-electron chi connectivity index (χ2n) is 5.67. The molecule has 1 N–H and O–H groups in total. The van der Waals surface area contributed by atoms with Crippen molar-refractivity contribution in [3.63, 3.8) is 0 Å². The maximum atomic E-state index is 6.22. The lowest BCUT2D eigenvalue weighted by atomic mass is 9.90. The van der Waals surface area contributed by atoms with E-state index in [9.17, 15) is 0 Å². The lowest BCUT2D eigenvalue weighted by Gasteiger charge is -2.21. The van der Waals surface area contributed by atoms with Crippen LogP contribution in [0.3, 0.4) is 0 Å². The summed E-state index contributed by atoms with van der Waals surface area (Å²) in [7, 11) is 0. The van der Waals surface area contributed by atoms with Crippen LogP contribution in [0.1, 0.15) is 29.7 Å². The minimum atomic E-state index is 0.805. The van der Waals surface area contributed by atoms with E-state index in [1.807, 2.05) is 30.1 Å². The SMILES string of the molecule is Clc1ccc2c(c1)SCc1cccnc1C2=C1CCNCC1. The number of halogens is 1. The van der Waals surface area contributed by atoms with E-state index in [2.05, 4.69) is 23.5 Å². The van der Waals surface area contributed by atoms with Crippen molar-refractivity contribution >= 4 is 28.9 Å². The summed E-state index contributed by atoms with van der Waals surface area (Å²) < 4.78 is 0. The number of benzene rings is 1. The Morgan fingerprint density at radius 3 is 2.86 bits per heavy atom. The zero-order valence-corrected chi connectivity index (χ0v) is 13.8. The Bertz CT molecular complexity index is 747. The Kier molecular flexibility index (Phi) is 3.95. The van der Waals surface area contributed by atoms with Crippen LogP contribution in [0, 0.1) is 0 Å². The molecule has 0 saturated carbocycles. The van der Waals surface area contributed by atoms with Crippen molar-refractivity contribution in [2.24, 2.45) is 0 Å². The Balaban J connectivity index is 1.98. The number of hydrogen-bond donors (Lipinski definition) is 1. The van der Waals surface area contributed by atoms with Crippen LogP contribution in [0.5, 0.6) is 0 Å². The van der Waals surface area contributed by atoms with Gasteiger partial charge in [-0.2, -0.15) is 0 Å². The molecule has 0 atom stereocenters. The van der Waals surface area contributed by atoms with Crippen LogP contribution in [0.25, 0.3) is 5.57 Å². The predicted octanol–water partition coefficient (Wildman–Crippen LogP) is 4.53. The Morgan fingerprint density at radius 2 is 2.00 bits per heavy atom. The van der Waals surface area contributed by atoms with Crippen molar-refractivity contribution in [2.75, 3.05) is 13.1 Å². The van der Waals surface area contributed by atoms with Gasteiger partial charge in [0.05, 0.1) is 5.69 Å². The average Bonchev–Trinajstić information content (AvgIpc) is 2.72. The van der Waals surface area contributed by atoms with Crippen molar-refractivity contribution < 1.29 is 0 Å². The molecular formula is C18H17ClN2S. The molecule has 0 radical (unpaired) electrons. The first-order valence-corrected chi connectivity index (χ1v) is 8.99. The fourth-order valence-corrected chi connectivity index (χ4v) is 4.54. The number of aromatic nitrogens is 1. The minimum absolute atomic E-state index is 0.805. The van der Waals surface area contributed by atoms with Gasteiger partial charge in [0.15, 0.2) is 0 Å². The van der Waals surface area contributed by atoms with E-state index in [1.54, 1.807) is 0 Å². The molecule has 0 amide bonds. The van der Waals surface area contributed by atoms with Gasteiger partial charge in [-0.15, -0.1) is 11.8 Å². The third-order valence-corrected chi connectivity index (χ3v) is 5.62. The van der Waals surface area contributed by atoms with Crippen molar-refractivity contribution in [1.82, 2.24) is 10.3 Å². The zero-order valence-electron chi connectivity index (χ0n) is 12.2. The highest BCUT2D eigenvalue weighted by Gasteiger charge is 2.23. The molecule has 0 bridgehead atoms. The second kappa shape index (κ2) is 6.07. The molecule has 1 saturated heterocycles. The summed E-state index contributed by atoms with van der Waals surface area (Å²) in [6.07, 6.45) is 4.10. The Labute approximate surface area is 140 Å². The van der Waals surface area contributed by atoms with Crippen LogP contribution in [-0.2, 0) is 5.75 Å². The van der Waals surface area contributed by atoms with Gasteiger partial charge in [-0.05, 0) is 55.3 Å². The number of piperidine rings is 1. The summed E-state index contributed by atoms with van der Waals surface area (Å²) >= 11 is 8.08. The van der Waals surface area contributed by atoms with E-state index in [4.69, 9.17) is 16.6 Å². The predicted molar refractivity (Wildman–Crippen MR) is 93.4 cm³/mol. The normalized spacial score (nSPS) is 17.7. The molecule has 1 fully saturated rings. The summed E-state index contributed by atoms with van der Waals surface area (Å²) in [4.78, 5) is 6.00. The lowest BCUT2D eigenvalue weighted by Crippen LogP contribution is -2.24. The Morgan fingerprint density at radius 1 is 1.14 bits per heavy atom. The van der Waals surface area contributed by atoms with Gasteiger partial charge in [0.25, 0.3) is 0 Å². The zero-order chi connectivity index (χ0) is 14.9. The average molecular weight is 329 g/mol. The van der Waals surface area contributed by atoms with E-state index >= 15 is 0 Å². The number of pyridine rings is 1. The summed E-state index contributed by atoms with van der Waals surface area (Å²) in [6, 6.07) is 10.5. The van der Waals surface area contributed by atoms with Crippen molar-refractivity contribution in [3.8, 4) is 0 Å². The van der Waals surface area contributed by atoms with Crippen LogP contribution in [-0.4, -0.2) is 18.1 Å². The number of hydrogen-bond acceptors (Lipinski definition) is 3. The second-order valence-corrected chi connectivity index (χ2v) is 7.12. The van der Waals surface area contributed by atoms with Crippen molar-refractivity contribution in [2.45, 2.75) is 23.5 Å². The molecule has 1 aromatic heterocycles. The Hall–Kier alpha value is -1.29. The first-order chi connectivity index (χ1) is 10.8. The molecule has 112 valence electrons. The van der Waals surface area contributed by atoms with Gasteiger partial charge in [0.1, 0.15) is 0 Å². The van der Waals surface area contributed by atoms with Crippen molar-refractivity contribution in [1.29, 1.82) is 0 Å². The van der Waals surface area contributed by atoms with E-state index in [1.165, 1.54) is 27.2 Å². The van der Waals surface area contributed by atoms with E-state index in [0.717, 1.165) is 42.4 Å². The number of fused-ring (bicyclic) bond motifs is 2. The molecule has 0 unspecified atom stereocenters. The maximum absolute atomic E-state index is 6.22. The molecule has 2 aromatic rings. The first kappa shape index (κ1) is 14.3. The fraction of sp³-hybridized carbons (Fsp3) is 0.278. The monoisotopic (exact) mass is 328 g/mol. The molecule has 1 aromatic carbocycles. The first-order valence-electron chi connectivity index (χ1n) is 7.62. The molecule has 3 heterocycles. The van der Waals surface area contributed by atoms with Crippen LogP contribution < -0.4 is 5.32 Å². The van der Waals surface area contributed by atoms with E-state index in [0.29, 0.717) is 0 Å². The van der Waals surface area contributed by atoms with Gasteiger partial charge in [0, 0.05) is 27.4 Å². The van der Waals surface area contributed by atoms with Crippen LogP contribution >= 0.6 is 23.4 Å². The van der Waals surface area contributed by atoms with E-state index < -0.39 is 0 Å². The van der Waals surface area contributed by atoms with Gasteiger partial charge >= 0.3 is 0 Å². The minimum Gasteiger partial charge on any atom is -0.316 e. The highest BCUT2D eigenvalue weighted by molar-refractivity contribution is 7.98. The summed E-state index contributed by atoms with van der Waals surface area (Å²) in [5.74, 6) is 0.950. The molecule has 0 spiro atoms. The largest absolute Gasteiger partial charge is 0.316 e. The third kappa shape index (κ3) is 2.58. The van der Waals surface area contributed by atoms with E-state index in [-0.39, 0.29) is 0 Å². The number of rotatable bonds is 0. The highest BCUT2D eigenvalue weighted by Crippen LogP contribution is 2.42. The van der Waals surface area contributed by atoms with Crippen molar-refractivity contribution in [3.05, 3.63) is 63.9 Å². The molecule has 4 heteroatoms. The number of nitrogens with zero attached hydrogens (tertiary/aromatic N) is 1. The molecule has 2 aliphatic rings. The summed E-state index contributed by atoms with van der Waals surface area (Å²) in [6.45, 7) is 2.11. The highest BCUT2D eigenvalue weighted by atomic mass is 35.5. The standard InChI is InChI=1S/C18H17ClN2S/c19-14-3-4-15-16(10-14)22-11-13-2-1-7-21-18(13)17(15)12-5-8-20-9-6-12/h1-4,7,10,20H,5-6,8-9,11H2. The van der Waals surface area contributed by atoms with Crippen LogP contribution in [0.15, 0.2) is 47.0 Å². The fourth-order valence-electron chi connectivity index (χ4n) is 3.22. The van der Waals surface area contributed by atoms with Gasteiger partial charge < -0.3 is 5.32 Å². The lowest BCUT2D eigenvalue weighted by molar-refractivity contribution is 0.611. The number of thioether (sulfide) groups is 1. The van der Waals surface area contributed by atoms with Gasteiger partial charge in [-0.25, -0.2) is 0 Å². The van der Waals surface area contributed by atoms with Gasteiger partial charge in [-0.3, -0.25) is 4.98 Å². The van der Waals surface area contributed by atoms with Crippen LogP contribution in [0.4, 0.5) is 0 Å².